The van der Waals surface area contributed by atoms with Gasteiger partial charge in [-0.25, -0.2) is 9.59 Å². The lowest BCUT2D eigenvalue weighted by Crippen LogP contribution is -2.17. The third-order valence-electron chi connectivity index (χ3n) is 4.45. The summed E-state index contributed by atoms with van der Waals surface area (Å²) in [7, 11) is 0. The molecule has 2 aromatic rings. The molecule has 5 nitrogen and oxygen atoms in total. The number of benzene rings is 2. The van der Waals surface area contributed by atoms with Crippen molar-refractivity contribution in [2.75, 3.05) is 0 Å². The first-order valence-corrected chi connectivity index (χ1v) is 10.0. The summed E-state index contributed by atoms with van der Waals surface area (Å²) >= 11 is 0. The van der Waals surface area contributed by atoms with Gasteiger partial charge in [0.05, 0.1) is 11.1 Å². The van der Waals surface area contributed by atoms with Crippen LogP contribution in [0.5, 0.6) is 0 Å². The molecule has 0 aliphatic rings. The van der Waals surface area contributed by atoms with Gasteiger partial charge in [-0.3, -0.25) is 4.79 Å². The van der Waals surface area contributed by atoms with Gasteiger partial charge < -0.3 is 9.47 Å². The minimum atomic E-state index is -0.829. The van der Waals surface area contributed by atoms with Crippen LogP contribution in [-0.4, -0.2) is 17.9 Å². The standard InChI is InChI=1S/C24H28O5/c1-18(2)11-5-3-8-16-22(25)29-24(27)21-15-10-9-14-20(21)23(26)28-17-19-12-6-4-7-13-19/h4,6-7,9-10,12-15,18H,3,5,8,11,16-17H2,1-2H3. The molecule has 0 spiro atoms. The fourth-order valence-electron chi connectivity index (χ4n) is 2.85. The van der Waals surface area contributed by atoms with Gasteiger partial charge in [0.25, 0.3) is 0 Å². The summed E-state index contributed by atoms with van der Waals surface area (Å²) in [4.78, 5) is 36.8. The molecule has 0 saturated heterocycles. The van der Waals surface area contributed by atoms with Crippen molar-refractivity contribution in [2.45, 2.75) is 52.6 Å². The molecule has 0 unspecified atom stereocenters. The first kappa shape index (κ1) is 22.3. The van der Waals surface area contributed by atoms with Gasteiger partial charge in [-0.2, -0.15) is 0 Å². The first-order chi connectivity index (χ1) is 14.0. The molecule has 0 bridgehead atoms. The smallest absolute Gasteiger partial charge is 0.346 e. The Morgan fingerprint density at radius 2 is 1.41 bits per heavy atom. The normalized spacial score (nSPS) is 10.6. The van der Waals surface area contributed by atoms with E-state index in [1.54, 1.807) is 12.1 Å². The van der Waals surface area contributed by atoms with Gasteiger partial charge in [-0.05, 0) is 30.0 Å². The Morgan fingerprint density at radius 1 is 0.793 bits per heavy atom. The van der Waals surface area contributed by atoms with E-state index in [1.807, 2.05) is 30.3 Å². The summed E-state index contributed by atoms with van der Waals surface area (Å²) in [5.41, 5.74) is 0.949. The lowest BCUT2D eigenvalue weighted by atomic mass is 10.0. The maximum Gasteiger partial charge on any atom is 0.346 e. The first-order valence-electron chi connectivity index (χ1n) is 10.0. The molecule has 0 aliphatic carbocycles. The van der Waals surface area contributed by atoms with Crippen LogP contribution in [-0.2, 0) is 20.9 Å². The van der Waals surface area contributed by atoms with Crippen LogP contribution in [0.2, 0.25) is 0 Å². The SMILES string of the molecule is CC(C)CCCCCC(=O)OC(=O)c1ccccc1C(=O)OCc1ccccc1. The number of carbonyl (C=O) groups excluding carboxylic acids is 3. The van der Waals surface area contributed by atoms with Crippen LogP contribution in [0.15, 0.2) is 54.6 Å². The predicted octanol–water partition coefficient (Wildman–Crippen LogP) is 5.33. The van der Waals surface area contributed by atoms with Crippen molar-refractivity contribution in [1.82, 2.24) is 0 Å². The van der Waals surface area contributed by atoms with Crippen LogP contribution in [0.4, 0.5) is 0 Å². The number of ether oxygens (including phenoxy) is 2. The monoisotopic (exact) mass is 396 g/mol. The Balaban J connectivity index is 1.88. The maximum absolute atomic E-state index is 12.4. The summed E-state index contributed by atoms with van der Waals surface area (Å²) < 4.78 is 10.2. The molecule has 0 heterocycles. The van der Waals surface area contributed by atoms with Crippen molar-refractivity contribution in [2.24, 2.45) is 5.92 Å². The average Bonchev–Trinajstić information content (AvgIpc) is 2.72. The highest BCUT2D eigenvalue weighted by Crippen LogP contribution is 2.15. The molecule has 2 aromatic carbocycles. The molecular formula is C24H28O5. The molecule has 0 N–H and O–H groups in total. The van der Waals surface area contributed by atoms with Crippen molar-refractivity contribution < 1.29 is 23.9 Å². The van der Waals surface area contributed by atoms with Crippen LogP contribution in [0.25, 0.3) is 0 Å². The summed E-state index contributed by atoms with van der Waals surface area (Å²) in [6.45, 7) is 4.42. The van der Waals surface area contributed by atoms with E-state index in [0.717, 1.165) is 24.8 Å². The van der Waals surface area contributed by atoms with Gasteiger partial charge >= 0.3 is 17.9 Å². The zero-order chi connectivity index (χ0) is 21.1. The Labute approximate surface area is 172 Å². The van der Waals surface area contributed by atoms with E-state index in [0.29, 0.717) is 12.3 Å². The van der Waals surface area contributed by atoms with Crippen molar-refractivity contribution in [3.8, 4) is 0 Å². The number of rotatable bonds is 10. The maximum atomic E-state index is 12.4. The third-order valence-corrected chi connectivity index (χ3v) is 4.45. The van der Waals surface area contributed by atoms with Gasteiger partial charge in [0.15, 0.2) is 0 Å². The molecule has 154 valence electrons. The van der Waals surface area contributed by atoms with Gasteiger partial charge in [0, 0.05) is 6.42 Å². The molecule has 0 atom stereocenters. The summed E-state index contributed by atoms with van der Waals surface area (Å²) in [6, 6.07) is 15.4. The molecule has 0 aromatic heterocycles. The Morgan fingerprint density at radius 3 is 2.07 bits per heavy atom. The van der Waals surface area contributed by atoms with Crippen LogP contribution in [0, 0.1) is 5.92 Å². The van der Waals surface area contributed by atoms with Gasteiger partial charge in [-0.15, -0.1) is 0 Å². The minimum absolute atomic E-state index is 0.0266. The number of hydrogen-bond donors (Lipinski definition) is 0. The molecular weight excluding hydrogens is 368 g/mol. The van der Waals surface area contributed by atoms with Crippen molar-refractivity contribution in [3.05, 3.63) is 71.3 Å². The lowest BCUT2D eigenvalue weighted by Gasteiger charge is -2.09. The second-order valence-electron chi connectivity index (χ2n) is 7.36. The minimum Gasteiger partial charge on any atom is -0.457 e. The molecule has 0 fully saturated rings. The number of esters is 3. The Kier molecular flexibility index (Phi) is 9.09. The fourth-order valence-corrected chi connectivity index (χ4v) is 2.85. The molecule has 29 heavy (non-hydrogen) atoms. The number of hydrogen-bond acceptors (Lipinski definition) is 5. The van der Waals surface area contributed by atoms with Gasteiger partial charge in [-0.1, -0.05) is 75.6 Å². The van der Waals surface area contributed by atoms with E-state index in [-0.39, 0.29) is 24.2 Å². The topological polar surface area (TPSA) is 69.7 Å². The van der Waals surface area contributed by atoms with Crippen LogP contribution >= 0.6 is 0 Å². The van der Waals surface area contributed by atoms with Gasteiger partial charge in [0.1, 0.15) is 6.61 Å². The predicted molar refractivity (Wildman–Crippen MR) is 110 cm³/mol. The molecule has 0 radical (unpaired) electrons. The Hall–Kier alpha value is -2.95. The summed E-state index contributed by atoms with van der Waals surface area (Å²) in [5.74, 6) is -1.40. The summed E-state index contributed by atoms with van der Waals surface area (Å²) in [5, 5.41) is 0. The quantitative estimate of drug-likeness (QED) is 0.308. The zero-order valence-electron chi connectivity index (χ0n) is 17.1. The highest BCUT2D eigenvalue weighted by atomic mass is 16.6. The van der Waals surface area contributed by atoms with Crippen LogP contribution in [0.1, 0.15) is 72.2 Å². The van der Waals surface area contributed by atoms with E-state index in [4.69, 9.17) is 9.47 Å². The molecule has 0 saturated carbocycles. The molecule has 0 aliphatic heterocycles. The van der Waals surface area contributed by atoms with Crippen LogP contribution in [0.3, 0.4) is 0 Å². The largest absolute Gasteiger partial charge is 0.457 e. The number of unbranched alkanes of at least 4 members (excludes halogenated alkanes) is 2. The highest BCUT2D eigenvalue weighted by Gasteiger charge is 2.21. The van der Waals surface area contributed by atoms with Gasteiger partial charge in [0.2, 0.25) is 0 Å². The van der Waals surface area contributed by atoms with Crippen molar-refractivity contribution in [3.63, 3.8) is 0 Å². The van der Waals surface area contributed by atoms with Crippen LogP contribution < -0.4 is 0 Å². The highest BCUT2D eigenvalue weighted by molar-refractivity contribution is 6.05. The lowest BCUT2D eigenvalue weighted by molar-refractivity contribution is -0.138. The number of carbonyl (C=O) groups is 3. The van der Waals surface area contributed by atoms with E-state index >= 15 is 0 Å². The zero-order valence-corrected chi connectivity index (χ0v) is 17.1. The van der Waals surface area contributed by atoms with E-state index < -0.39 is 17.9 Å². The fraction of sp³-hybridized carbons (Fsp3) is 0.375. The average molecular weight is 396 g/mol. The molecule has 0 amide bonds. The molecule has 5 heteroatoms. The summed E-state index contributed by atoms with van der Waals surface area (Å²) in [6.07, 6.45) is 3.95. The van der Waals surface area contributed by atoms with E-state index in [2.05, 4.69) is 13.8 Å². The Bertz CT molecular complexity index is 811. The van der Waals surface area contributed by atoms with E-state index in [9.17, 15) is 14.4 Å². The second kappa shape index (κ2) is 11.8. The van der Waals surface area contributed by atoms with E-state index in [1.165, 1.54) is 12.1 Å². The molecule has 2 rings (SSSR count). The second-order valence-corrected chi connectivity index (χ2v) is 7.36. The van der Waals surface area contributed by atoms with Crippen molar-refractivity contribution in [1.29, 1.82) is 0 Å². The van der Waals surface area contributed by atoms with Crippen molar-refractivity contribution >= 4 is 17.9 Å². The third kappa shape index (κ3) is 7.90.